The van der Waals surface area contributed by atoms with Crippen LogP contribution >= 0.6 is 11.6 Å². The molecule has 3 rings (SSSR count). The number of ether oxygens (including phenoxy) is 3. The molecule has 1 fully saturated rings. The van der Waals surface area contributed by atoms with Crippen molar-refractivity contribution in [3.05, 3.63) is 46.5 Å². The first-order chi connectivity index (χ1) is 14.8. The maximum absolute atomic E-state index is 12.4. The van der Waals surface area contributed by atoms with Gasteiger partial charge in [0.25, 0.3) is 0 Å². The fourth-order valence-corrected chi connectivity index (χ4v) is 3.88. The summed E-state index contributed by atoms with van der Waals surface area (Å²) in [7, 11) is 3.00. The van der Waals surface area contributed by atoms with Gasteiger partial charge in [0.1, 0.15) is 0 Å². The average Bonchev–Trinajstić information content (AvgIpc) is 2.77. The number of morpholine rings is 1. The van der Waals surface area contributed by atoms with Gasteiger partial charge in [-0.15, -0.1) is 0 Å². The Balaban J connectivity index is 1.96. The van der Waals surface area contributed by atoms with Gasteiger partial charge in [0.15, 0.2) is 11.5 Å². The van der Waals surface area contributed by atoms with Crippen LogP contribution in [0.25, 0.3) is 0 Å². The lowest BCUT2D eigenvalue weighted by Gasteiger charge is -2.31. The van der Waals surface area contributed by atoms with Crippen molar-refractivity contribution in [2.45, 2.75) is 13.5 Å². The molecule has 0 aromatic heterocycles. The van der Waals surface area contributed by atoms with Crippen LogP contribution in [0.5, 0.6) is 11.5 Å². The Morgan fingerprint density at radius 3 is 2.45 bits per heavy atom. The molecule has 8 nitrogen and oxygen atoms in total. The number of carboxylic acids is 1. The Morgan fingerprint density at radius 1 is 1.16 bits per heavy atom. The summed E-state index contributed by atoms with van der Waals surface area (Å²) in [6.07, 6.45) is 0. The van der Waals surface area contributed by atoms with E-state index in [1.54, 1.807) is 24.3 Å². The monoisotopic (exact) mass is 448 g/mol. The zero-order valence-corrected chi connectivity index (χ0v) is 18.4. The normalized spacial score (nSPS) is 13.6. The van der Waals surface area contributed by atoms with E-state index >= 15 is 0 Å². The van der Waals surface area contributed by atoms with E-state index in [1.807, 2.05) is 4.90 Å². The highest BCUT2D eigenvalue weighted by Crippen LogP contribution is 2.37. The number of nitrogens with zero attached hydrogens (tertiary/aromatic N) is 2. The molecule has 1 N–H and O–H groups in total. The number of aromatic carboxylic acids is 1. The van der Waals surface area contributed by atoms with Crippen LogP contribution in [-0.2, 0) is 16.1 Å². The predicted molar refractivity (Wildman–Crippen MR) is 118 cm³/mol. The van der Waals surface area contributed by atoms with Crippen molar-refractivity contribution >= 4 is 34.9 Å². The second kappa shape index (κ2) is 9.89. The molecule has 31 heavy (non-hydrogen) atoms. The van der Waals surface area contributed by atoms with Crippen LogP contribution in [-0.4, -0.2) is 57.5 Å². The number of rotatable bonds is 7. The van der Waals surface area contributed by atoms with Crippen LogP contribution < -0.4 is 19.3 Å². The summed E-state index contributed by atoms with van der Waals surface area (Å²) in [6, 6.07) is 8.44. The fourth-order valence-electron chi connectivity index (χ4n) is 3.57. The van der Waals surface area contributed by atoms with Crippen molar-refractivity contribution in [3.8, 4) is 11.5 Å². The highest BCUT2D eigenvalue weighted by Gasteiger charge is 2.22. The minimum absolute atomic E-state index is 0.135. The summed E-state index contributed by atoms with van der Waals surface area (Å²) >= 11 is 6.29. The van der Waals surface area contributed by atoms with Crippen LogP contribution in [0.15, 0.2) is 30.3 Å². The zero-order valence-electron chi connectivity index (χ0n) is 17.7. The van der Waals surface area contributed by atoms with Crippen LogP contribution in [0.3, 0.4) is 0 Å². The minimum atomic E-state index is -1.05. The van der Waals surface area contributed by atoms with Gasteiger partial charge in [-0.1, -0.05) is 11.6 Å². The summed E-state index contributed by atoms with van der Waals surface area (Å²) < 4.78 is 15.9. The van der Waals surface area contributed by atoms with E-state index in [2.05, 4.69) is 0 Å². The van der Waals surface area contributed by atoms with Gasteiger partial charge in [-0.25, -0.2) is 4.79 Å². The molecular weight excluding hydrogens is 424 g/mol. The number of anilines is 2. The molecule has 0 spiro atoms. The molecule has 0 atom stereocenters. The third-order valence-electron chi connectivity index (χ3n) is 5.09. The van der Waals surface area contributed by atoms with Crippen molar-refractivity contribution in [2.75, 3.05) is 50.3 Å². The van der Waals surface area contributed by atoms with E-state index in [9.17, 15) is 14.7 Å². The van der Waals surface area contributed by atoms with Crippen LogP contribution in [0, 0.1) is 0 Å². The molecule has 0 radical (unpaired) electrons. The largest absolute Gasteiger partial charge is 0.493 e. The molecule has 1 aliphatic heterocycles. The summed E-state index contributed by atoms with van der Waals surface area (Å²) in [5.74, 6) is -0.435. The number of hydrogen-bond donors (Lipinski definition) is 1. The van der Waals surface area contributed by atoms with Crippen LogP contribution in [0.4, 0.5) is 11.4 Å². The quantitative estimate of drug-likeness (QED) is 0.694. The zero-order chi connectivity index (χ0) is 22.5. The van der Waals surface area contributed by atoms with Crippen molar-refractivity contribution in [1.82, 2.24) is 0 Å². The average molecular weight is 449 g/mol. The topological polar surface area (TPSA) is 88.5 Å². The lowest BCUT2D eigenvalue weighted by molar-refractivity contribution is -0.116. The SMILES string of the molecule is COc1cc(CN(C(C)=O)c2ccc(N3CCOCC3)c(C(=O)O)c2)cc(Cl)c1OC. The van der Waals surface area contributed by atoms with E-state index in [0.717, 1.165) is 0 Å². The lowest BCUT2D eigenvalue weighted by Crippen LogP contribution is -2.37. The lowest BCUT2D eigenvalue weighted by atomic mass is 10.1. The number of halogens is 1. The second-order valence-corrected chi connectivity index (χ2v) is 7.43. The van der Waals surface area contributed by atoms with E-state index in [4.69, 9.17) is 25.8 Å². The smallest absolute Gasteiger partial charge is 0.337 e. The molecule has 9 heteroatoms. The molecule has 0 unspecified atom stereocenters. The van der Waals surface area contributed by atoms with Gasteiger partial charge in [-0.05, 0) is 35.9 Å². The molecule has 1 amide bonds. The molecule has 0 aliphatic carbocycles. The number of hydrogen-bond acceptors (Lipinski definition) is 6. The number of benzene rings is 2. The molecule has 166 valence electrons. The Hall–Kier alpha value is -2.97. The first-order valence-electron chi connectivity index (χ1n) is 9.74. The number of carboxylic acid groups (broad SMARTS) is 1. The van der Waals surface area contributed by atoms with Gasteiger partial charge >= 0.3 is 5.97 Å². The molecule has 2 aromatic carbocycles. The van der Waals surface area contributed by atoms with Crippen LogP contribution in [0.1, 0.15) is 22.8 Å². The van der Waals surface area contributed by atoms with E-state index in [1.165, 1.54) is 32.1 Å². The molecule has 0 saturated carbocycles. The number of methoxy groups -OCH3 is 2. The highest BCUT2D eigenvalue weighted by atomic mass is 35.5. The van der Waals surface area contributed by atoms with Gasteiger partial charge < -0.3 is 29.1 Å². The third-order valence-corrected chi connectivity index (χ3v) is 5.37. The summed E-state index contributed by atoms with van der Waals surface area (Å²) in [4.78, 5) is 27.9. The maximum Gasteiger partial charge on any atom is 0.337 e. The van der Waals surface area contributed by atoms with Crippen molar-refractivity contribution in [1.29, 1.82) is 0 Å². The van der Waals surface area contributed by atoms with Gasteiger partial charge in [-0.2, -0.15) is 0 Å². The second-order valence-electron chi connectivity index (χ2n) is 7.02. The molecule has 1 aliphatic rings. The summed E-state index contributed by atoms with van der Waals surface area (Å²) in [5.41, 5.74) is 1.94. The standard InChI is InChI=1S/C22H25ClN2O6/c1-14(26)25(13-15-10-18(23)21(30-3)20(11-15)29-2)16-4-5-19(17(12-16)22(27)28)24-6-8-31-9-7-24/h4-5,10-12H,6-9,13H2,1-3H3,(H,27,28). The van der Waals surface area contributed by atoms with Gasteiger partial charge in [0, 0.05) is 25.7 Å². The number of carbonyl (C=O) groups is 2. The Bertz CT molecular complexity index is 975. The Labute approximate surface area is 185 Å². The van der Waals surface area contributed by atoms with Gasteiger partial charge in [0.05, 0.1) is 50.3 Å². The number of amides is 1. The molecule has 1 heterocycles. The van der Waals surface area contributed by atoms with Crippen molar-refractivity contribution in [2.24, 2.45) is 0 Å². The van der Waals surface area contributed by atoms with Gasteiger partial charge in [0.2, 0.25) is 5.91 Å². The Morgan fingerprint density at radius 2 is 1.87 bits per heavy atom. The van der Waals surface area contributed by atoms with Crippen molar-refractivity contribution in [3.63, 3.8) is 0 Å². The Kier molecular flexibility index (Phi) is 7.25. The van der Waals surface area contributed by atoms with E-state index in [-0.39, 0.29) is 18.0 Å². The van der Waals surface area contributed by atoms with E-state index in [0.29, 0.717) is 59.8 Å². The first kappa shape index (κ1) is 22.7. The summed E-state index contributed by atoms with van der Waals surface area (Å²) in [5, 5.41) is 10.1. The highest BCUT2D eigenvalue weighted by molar-refractivity contribution is 6.32. The molecule has 0 bridgehead atoms. The molecule has 2 aromatic rings. The number of carbonyl (C=O) groups excluding carboxylic acids is 1. The fraction of sp³-hybridized carbons (Fsp3) is 0.364. The third kappa shape index (κ3) is 5.03. The first-order valence-corrected chi connectivity index (χ1v) is 10.1. The molecule has 1 saturated heterocycles. The minimum Gasteiger partial charge on any atom is -0.493 e. The van der Waals surface area contributed by atoms with Crippen molar-refractivity contribution < 1.29 is 28.9 Å². The van der Waals surface area contributed by atoms with E-state index < -0.39 is 5.97 Å². The summed E-state index contributed by atoms with van der Waals surface area (Å²) in [6.45, 7) is 3.92. The van der Waals surface area contributed by atoms with Gasteiger partial charge in [-0.3, -0.25) is 4.79 Å². The molecular formula is C22H25ClN2O6. The predicted octanol–water partition coefficient (Wildman–Crippen LogP) is 3.45. The maximum atomic E-state index is 12.4. The van der Waals surface area contributed by atoms with Crippen LogP contribution in [0.2, 0.25) is 5.02 Å².